The average molecular weight is 356 g/mol. The third-order valence-electron chi connectivity index (χ3n) is 4.81. The summed E-state index contributed by atoms with van der Waals surface area (Å²) in [6.45, 7) is 2.43. The van der Waals surface area contributed by atoms with Crippen LogP contribution < -0.4 is 10.2 Å². The second kappa shape index (κ2) is 6.22. The van der Waals surface area contributed by atoms with Crippen molar-refractivity contribution < 1.29 is 9.59 Å². The Balaban J connectivity index is 1.42. The van der Waals surface area contributed by atoms with Gasteiger partial charge in [-0.15, -0.1) is 10.2 Å². The highest BCUT2D eigenvalue weighted by Gasteiger charge is 2.43. The molecular formula is C18H20N4O2S. The van der Waals surface area contributed by atoms with Crippen LogP contribution in [0.2, 0.25) is 0 Å². The molecule has 2 aliphatic rings. The summed E-state index contributed by atoms with van der Waals surface area (Å²) in [4.78, 5) is 26.3. The Hall–Kier alpha value is -2.28. The quantitative estimate of drug-likeness (QED) is 0.891. The number of aromatic nitrogens is 2. The smallest absolute Gasteiger partial charge is 0.229 e. The number of amides is 2. The number of rotatable bonds is 5. The van der Waals surface area contributed by atoms with Gasteiger partial charge < -0.3 is 5.32 Å². The molecule has 25 heavy (non-hydrogen) atoms. The van der Waals surface area contributed by atoms with Gasteiger partial charge in [-0.2, -0.15) is 0 Å². The lowest BCUT2D eigenvalue weighted by atomic mass is 10.1. The summed E-state index contributed by atoms with van der Waals surface area (Å²) in [5, 5.41) is 12.9. The summed E-state index contributed by atoms with van der Waals surface area (Å²) in [7, 11) is 0. The van der Waals surface area contributed by atoms with Crippen LogP contribution in [0.5, 0.6) is 0 Å². The molecule has 4 rings (SSSR count). The molecule has 1 aliphatic heterocycles. The molecule has 7 heteroatoms. The summed E-state index contributed by atoms with van der Waals surface area (Å²) >= 11 is 1.42. The van der Waals surface area contributed by atoms with Gasteiger partial charge in [-0.05, 0) is 25.3 Å². The minimum Gasteiger partial charge on any atom is -0.351 e. The van der Waals surface area contributed by atoms with Gasteiger partial charge in [0.2, 0.25) is 16.9 Å². The van der Waals surface area contributed by atoms with Crippen molar-refractivity contribution in [1.82, 2.24) is 15.5 Å². The van der Waals surface area contributed by atoms with Crippen LogP contribution in [-0.4, -0.2) is 34.1 Å². The molecule has 2 amide bonds. The van der Waals surface area contributed by atoms with Gasteiger partial charge in [0.25, 0.3) is 0 Å². The molecule has 1 atom stereocenters. The molecule has 1 N–H and O–H groups in total. The first-order chi connectivity index (χ1) is 12.0. The van der Waals surface area contributed by atoms with E-state index >= 15 is 0 Å². The monoisotopic (exact) mass is 356 g/mol. The maximum Gasteiger partial charge on any atom is 0.229 e. The largest absolute Gasteiger partial charge is 0.351 e. The van der Waals surface area contributed by atoms with Crippen LogP contribution >= 0.6 is 11.3 Å². The van der Waals surface area contributed by atoms with Crippen molar-refractivity contribution in [1.29, 1.82) is 0 Å². The van der Waals surface area contributed by atoms with Crippen LogP contribution in [0.4, 0.5) is 5.13 Å². The molecule has 1 unspecified atom stereocenters. The molecule has 1 aromatic heterocycles. The predicted octanol–water partition coefficient (Wildman–Crippen LogP) is 2.15. The normalized spacial score (nSPS) is 21.4. The van der Waals surface area contributed by atoms with E-state index in [0.29, 0.717) is 18.1 Å². The molecule has 2 heterocycles. The minimum absolute atomic E-state index is 0.0233. The Kier molecular flexibility index (Phi) is 4.03. The number of benzene rings is 1. The Labute approximate surface area is 150 Å². The second-order valence-corrected chi connectivity index (χ2v) is 8.14. The average Bonchev–Trinajstić information content (AvgIpc) is 2.98. The van der Waals surface area contributed by atoms with Gasteiger partial charge in [-0.3, -0.25) is 14.5 Å². The van der Waals surface area contributed by atoms with E-state index in [1.165, 1.54) is 11.3 Å². The van der Waals surface area contributed by atoms with E-state index in [2.05, 4.69) is 15.5 Å². The van der Waals surface area contributed by atoms with Crippen LogP contribution in [0.15, 0.2) is 30.3 Å². The first kappa shape index (κ1) is 16.2. The van der Waals surface area contributed by atoms with E-state index in [-0.39, 0.29) is 29.7 Å². The summed E-state index contributed by atoms with van der Waals surface area (Å²) in [5.41, 5.74) is 1.10. The van der Waals surface area contributed by atoms with Crippen molar-refractivity contribution in [3.8, 4) is 0 Å². The zero-order chi connectivity index (χ0) is 17.4. The number of anilines is 1. The van der Waals surface area contributed by atoms with Gasteiger partial charge in [0, 0.05) is 24.9 Å². The van der Waals surface area contributed by atoms with Gasteiger partial charge in [0.05, 0.1) is 5.92 Å². The van der Waals surface area contributed by atoms with Crippen molar-refractivity contribution in [3.63, 3.8) is 0 Å². The van der Waals surface area contributed by atoms with Crippen molar-refractivity contribution in [3.05, 3.63) is 40.9 Å². The van der Waals surface area contributed by atoms with E-state index in [1.54, 1.807) is 4.90 Å². The maximum atomic E-state index is 12.3. The molecule has 0 bridgehead atoms. The Morgan fingerprint density at radius 3 is 2.80 bits per heavy atom. The predicted molar refractivity (Wildman–Crippen MR) is 95.4 cm³/mol. The van der Waals surface area contributed by atoms with E-state index in [9.17, 15) is 9.59 Å². The molecule has 2 aromatic rings. The van der Waals surface area contributed by atoms with Crippen molar-refractivity contribution in [2.24, 2.45) is 5.92 Å². The molecule has 1 saturated heterocycles. The molecule has 6 nitrogen and oxygen atoms in total. The number of carbonyl (C=O) groups excluding carboxylic acids is 2. The molecule has 130 valence electrons. The van der Waals surface area contributed by atoms with Gasteiger partial charge in [0.1, 0.15) is 5.01 Å². The molecule has 2 fully saturated rings. The van der Waals surface area contributed by atoms with Crippen molar-refractivity contribution in [2.45, 2.75) is 38.1 Å². The van der Waals surface area contributed by atoms with Gasteiger partial charge >= 0.3 is 0 Å². The molecule has 1 aromatic carbocycles. The number of hydrogen-bond acceptors (Lipinski definition) is 5. The number of carbonyl (C=O) groups is 2. The fourth-order valence-corrected chi connectivity index (χ4v) is 3.88. The van der Waals surface area contributed by atoms with Crippen LogP contribution in [-0.2, 0) is 16.0 Å². The van der Waals surface area contributed by atoms with Crippen LogP contribution in [0.3, 0.4) is 0 Å². The summed E-state index contributed by atoms with van der Waals surface area (Å²) in [5.74, 6) is -0.375. The third-order valence-corrected chi connectivity index (χ3v) is 5.75. The lowest BCUT2D eigenvalue weighted by Gasteiger charge is -2.15. The van der Waals surface area contributed by atoms with Crippen molar-refractivity contribution in [2.75, 3.05) is 11.4 Å². The Bertz CT molecular complexity index is 800. The lowest BCUT2D eigenvalue weighted by Crippen LogP contribution is -2.39. The van der Waals surface area contributed by atoms with E-state index < -0.39 is 0 Å². The fourth-order valence-electron chi connectivity index (χ4n) is 2.98. The SMILES string of the molecule is CC1(NC(=O)C2CC(=O)N(c3nnc(Cc4ccccc4)s3)C2)CC1. The van der Waals surface area contributed by atoms with Crippen LogP contribution in [0, 0.1) is 5.92 Å². The van der Waals surface area contributed by atoms with Crippen LogP contribution in [0.25, 0.3) is 0 Å². The first-order valence-corrected chi connectivity index (χ1v) is 9.33. The zero-order valence-corrected chi connectivity index (χ0v) is 14.9. The molecule has 1 saturated carbocycles. The fraction of sp³-hybridized carbons (Fsp3) is 0.444. The number of nitrogens with one attached hydrogen (secondary N) is 1. The maximum absolute atomic E-state index is 12.3. The third kappa shape index (κ3) is 3.56. The Morgan fingerprint density at radius 1 is 1.32 bits per heavy atom. The summed E-state index contributed by atoms with van der Waals surface area (Å²) in [6.07, 6.45) is 2.98. The summed E-state index contributed by atoms with van der Waals surface area (Å²) in [6, 6.07) is 10.0. The van der Waals surface area contributed by atoms with Gasteiger partial charge in [-0.1, -0.05) is 41.7 Å². The number of nitrogens with zero attached hydrogens (tertiary/aromatic N) is 3. The zero-order valence-electron chi connectivity index (χ0n) is 14.1. The molecular weight excluding hydrogens is 336 g/mol. The summed E-state index contributed by atoms with van der Waals surface area (Å²) < 4.78 is 0. The van der Waals surface area contributed by atoms with Gasteiger partial charge in [0.15, 0.2) is 0 Å². The van der Waals surface area contributed by atoms with E-state index in [1.807, 2.05) is 37.3 Å². The molecule has 0 radical (unpaired) electrons. The Morgan fingerprint density at radius 2 is 2.08 bits per heavy atom. The highest BCUT2D eigenvalue weighted by molar-refractivity contribution is 7.15. The molecule has 1 aliphatic carbocycles. The van der Waals surface area contributed by atoms with Crippen molar-refractivity contribution >= 4 is 28.3 Å². The topological polar surface area (TPSA) is 75.2 Å². The van der Waals surface area contributed by atoms with Gasteiger partial charge in [-0.25, -0.2) is 0 Å². The van der Waals surface area contributed by atoms with E-state index in [0.717, 1.165) is 23.4 Å². The number of hydrogen-bond donors (Lipinski definition) is 1. The standard InChI is InChI=1S/C18H20N4O2S/c1-18(7-8-18)19-16(24)13-10-15(23)22(11-13)17-21-20-14(25-17)9-12-5-3-2-4-6-12/h2-6,13H,7-11H2,1H3,(H,19,24). The highest BCUT2D eigenvalue weighted by atomic mass is 32.1. The minimum atomic E-state index is -0.300. The highest BCUT2D eigenvalue weighted by Crippen LogP contribution is 2.35. The molecule has 0 spiro atoms. The van der Waals surface area contributed by atoms with Crippen LogP contribution in [0.1, 0.15) is 36.8 Å². The second-order valence-electron chi connectivity index (χ2n) is 7.10. The lowest BCUT2D eigenvalue weighted by molar-refractivity contribution is -0.127. The van der Waals surface area contributed by atoms with E-state index in [4.69, 9.17) is 0 Å². The first-order valence-electron chi connectivity index (χ1n) is 8.51.